The van der Waals surface area contributed by atoms with Gasteiger partial charge in [-0.25, -0.2) is 14.4 Å². The lowest BCUT2D eigenvalue weighted by atomic mass is 10.1. The molecule has 0 radical (unpaired) electrons. The topological polar surface area (TPSA) is 66.9 Å². The number of nitrogens with zero attached hydrogens (tertiary/aromatic N) is 2. The molecule has 32 heavy (non-hydrogen) atoms. The predicted octanol–water partition coefficient (Wildman–Crippen LogP) is 5.68. The van der Waals surface area contributed by atoms with Crippen LogP contribution in [0, 0.1) is 5.82 Å². The van der Waals surface area contributed by atoms with Gasteiger partial charge < -0.3 is 10.6 Å². The molecule has 0 atom stereocenters. The first-order valence-electron chi connectivity index (χ1n) is 9.97. The zero-order valence-corrected chi connectivity index (χ0v) is 18.2. The summed E-state index contributed by atoms with van der Waals surface area (Å²) in [6.07, 6.45) is 3.47. The first-order chi connectivity index (χ1) is 15.6. The molecule has 5 nitrogen and oxygen atoms in total. The Balaban J connectivity index is 1.43. The molecule has 0 spiro atoms. The summed E-state index contributed by atoms with van der Waals surface area (Å²) < 4.78 is 13.2. The molecule has 3 aromatic carbocycles. The first-order valence-corrected chi connectivity index (χ1v) is 11.2. The summed E-state index contributed by atoms with van der Waals surface area (Å²) in [4.78, 5) is 22.3. The second-order valence-electron chi connectivity index (χ2n) is 7.03. The Labute approximate surface area is 190 Å². The summed E-state index contributed by atoms with van der Waals surface area (Å²) >= 11 is 1.68. The molecule has 0 bridgehead atoms. The molecule has 1 amide bonds. The Kier molecular flexibility index (Phi) is 6.77. The van der Waals surface area contributed by atoms with E-state index < -0.39 is 0 Å². The molecule has 1 aromatic heterocycles. The Morgan fingerprint density at radius 3 is 2.50 bits per heavy atom. The zero-order chi connectivity index (χ0) is 22.3. The summed E-state index contributed by atoms with van der Waals surface area (Å²) in [6.45, 7) is 0.456. The fourth-order valence-electron chi connectivity index (χ4n) is 3.12. The Morgan fingerprint density at radius 2 is 1.75 bits per heavy atom. The van der Waals surface area contributed by atoms with E-state index in [1.165, 1.54) is 23.4 Å². The van der Waals surface area contributed by atoms with Gasteiger partial charge in [-0.2, -0.15) is 0 Å². The quantitative estimate of drug-likeness (QED) is 0.359. The van der Waals surface area contributed by atoms with E-state index in [1.807, 2.05) is 42.7 Å². The van der Waals surface area contributed by atoms with Crippen LogP contribution in [0.5, 0.6) is 0 Å². The minimum absolute atomic E-state index is 0.155. The van der Waals surface area contributed by atoms with Crippen LogP contribution in [-0.2, 0) is 6.54 Å². The standard InChI is InChI=1S/C25H21FN4OS/c1-32-22-11-5-17(6-12-22)15-27-25(31)19-3-2-4-21(13-19)30-24-14-23(28-16-29-24)18-7-9-20(26)10-8-18/h2-14,16H,15H2,1H3,(H,27,31)(H,28,29,30). The summed E-state index contributed by atoms with van der Waals surface area (Å²) in [5.41, 5.74) is 3.77. The number of nitrogens with one attached hydrogen (secondary N) is 2. The van der Waals surface area contributed by atoms with E-state index in [2.05, 4.69) is 20.6 Å². The highest BCUT2D eigenvalue weighted by molar-refractivity contribution is 7.98. The SMILES string of the molecule is CSc1ccc(CNC(=O)c2cccc(Nc3cc(-c4ccc(F)cc4)ncn3)c2)cc1. The van der Waals surface area contributed by atoms with Crippen molar-refractivity contribution < 1.29 is 9.18 Å². The van der Waals surface area contributed by atoms with Gasteiger partial charge in [-0.05, 0) is 66.4 Å². The van der Waals surface area contributed by atoms with E-state index in [9.17, 15) is 9.18 Å². The number of amides is 1. The molecule has 0 aliphatic carbocycles. The summed E-state index contributed by atoms with van der Waals surface area (Å²) in [5, 5.41) is 6.15. The summed E-state index contributed by atoms with van der Waals surface area (Å²) in [6, 6.07) is 23.2. The van der Waals surface area contributed by atoms with Crippen LogP contribution in [0.3, 0.4) is 0 Å². The molecule has 0 aliphatic heterocycles. The van der Waals surface area contributed by atoms with Crippen molar-refractivity contribution in [2.45, 2.75) is 11.4 Å². The van der Waals surface area contributed by atoms with Crippen molar-refractivity contribution in [3.05, 3.63) is 102 Å². The Hall–Kier alpha value is -3.71. The number of hydrogen-bond acceptors (Lipinski definition) is 5. The minimum Gasteiger partial charge on any atom is -0.348 e. The second kappa shape index (κ2) is 10.1. The maximum absolute atomic E-state index is 13.2. The van der Waals surface area contributed by atoms with Crippen molar-refractivity contribution in [1.82, 2.24) is 15.3 Å². The number of thioether (sulfide) groups is 1. The van der Waals surface area contributed by atoms with Crippen LogP contribution < -0.4 is 10.6 Å². The summed E-state index contributed by atoms with van der Waals surface area (Å²) in [7, 11) is 0. The van der Waals surface area contributed by atoms with Crippen molar-refractivity contribution >= 4 is 29.2 Å². The van der Waals surface area contributed by atoms with E-state index in [0.717, 1.165) is 16.8 Å². The smallest absolute Gasteiger partial charge is 0.251 e. The largest absolute Gasteiger partial charge is 0.348 e. The highest BCUT2D eigenvalue weighted by Crippen LogP contribution is 2.22. The molecule has 4 rings (SSSR count). The molecule has 1 heterocycles. The number of halogens is 1. The van der Waals surface area contributed by atoms with Gasteiger partial charge in [0.1, 0.15) is 18.0 Å². The van der Waals surface area contributed by atoms with Crippen LogP contribution in [0.1, 0.15) is 15.9 Å². The summed E-state index contributed by atoms with van der Waals surface area (Å²) in [5.74, 6) is 0.122. The van der Waals surface area contributed by atoms with Crippen molar-refractivity contribution in [3.63, 3.8) is 0 Å². The number of hydrogen-bond donors (Lipinski definition) is 2. The van der Waals surface area contributed by atoms with E-state index in [1.54, 1.807) is 42.1 Å². The van der Waals surface area contributed by atoms with E-state index in [0.29, 0.717) is 23.6 Å². The van der Waals surface area contributed by atoms with Gasteiger partial charge in [0.2, 0.25) is 0 Å². The van der Waals surface area contributed by atoms with Gasteiger partial charge >= 0.3 is 0 Å². The van der Waals surface area contributed by atoms with Gasteiger partial charge in [-0.1, -0.05) is 18.2 Å². The minimum atomic E-state index is -0.298. The monoisotopic (exact) mass is 444 g/mol. The molecule has 160 valence electrons. The van der Waals surface area contributed by atoms with Gasteiger partial charge in [-0.15, -0.1) is 11.8 Å². The van der Waals surface area contributed by atoms with Crippen LogP contribution in [-0.4, -0.2) is 22.1 Å². The average molecular weight is 445 g/mol. The first kappa shape index (κ1) is 21.5. The number of aromatic nitrogens is 2. The molecule has 2 N–H and O–H groups in total. The van der Waals surface area contributed by atoms with Gasteiger partial charge in [0.15, 0.2) is 0 Å². The number of carbonyl (C=O) groups is 1. The van der Waals surface area contributed by atoms with Crippen LogP contribution in [0.15, 0.2) is 90.1 Å². The molecule has 0 saturated carbocycles. The van der Waals surface area contributed by atoms with Crippen molar-refractivity contribution in [1.29, 1.82) is 0 Å². The van der Waals surface area contributed by atoms with Gasteiger partial charge in [-0.3, -0.25) is 4.79 Å². The zero-order valence-electron chi connectivity index (χ0n) is 17.4. The fraction of sp³-hybridized carbons (Fsp3) is 0.0800. The second-order valence-corrected chi connectivity index (χ2v) is 7.91. The highest BCUT2D eigenvalue weighted by Gasteiger charge is 2.08. The average Bonchev–Trinajstić information content (AvgIpc) is 2.83. The van der Waals surface area contributed by atoms with Crippen LogP contribution in [0.2, 0.25) is 0 Å². The maximum Gasteiger partial charge on any atom is 0.251 e. The highest BCUT2D eigenvalue weighted by atomic mass is 32.2. The lowest BCUT2D eigenvalue weighted by Crippen LogP contribution is -2.22. The fourth-order valence-corrected chi connectivity index (χ4v) is 3.53. The van der Waals surface area contributed by atoms with Crippen molar-refractivity contribution in [2.24, 2.45) is 0 Å². The molecular weight excluding hydrogens is 423 g/mol. The third-order valence-electron chi connectivity index (χ3n) is 4.82. The lowest BCUT2D eigenvalue weighted by Gasteiger charge is -2.10. The van der Waals surface area contributed by atoms with Crippen LogP contribution in [0.4, 0.5) is 15.9 Å². The Bertz CT molecular complexity index is 1210. The number of anilines is 2. The molecule has 0 fully saturated rings. The van der Waals surface area contributed by atoms with Crippen molar-refractivity contribution in [2.75, 3.05) is 11.6 Å². The number of rotatable bonds is 7. The maximum atomic E-state index is 13.2. The molecule has 4 aromatic rings. The lowest BCUT2D eigenvalue weighted by molar-refractivity contribution is 0.0951. The van der Waals surface area contributed by atoms with Gasteiger partial charge in [0, 0.05) is 34.3 Å². The van der Waals surface area contributed by atoms with Gasteiger partial charge in [0.05, 0.1) is 5.69 Å². The molecule has 0 aliphatic rings. The van der Waals surface area contributed by atoms with Crippen LogP contribution >= 0.6 is 11.8 Å². The third kappa shape index (κ3) is 5.50. The van der Waals surface area contributed by atoms with Crippen molar-refractivity contribution in [3.8, 4) is 11.3 Å². The number of carbonyl (C=O) groups excluding carboxylic acids is 1. The molecule has 7 heteroatoms. The Morgan fingerprint density at radius 1 is 0.969 bits per heavy atom. The third-order valence-corrected chi connectivity index (χ3v) is 5.56. The van der Waals surface area contributed by atoms with E-state index in [4.69, 9.17) is 0 Å². The molecule has 0 saturated heterocycles. The normalized spacial score (nSPS) is 10.6. The van der Waals surface area contributed by atoms with Crippen LogP contribution in [0.25, 0.3) is 11.3 Å². The van der Waals surface area contributed by atoms with Gasteiger partial charge in [0.25, 0.3) is 5.91 Å². The van der Waals surface area contributed by atoms with E-state index in [-0.39, 0.29) is 11.7 Å². The predicted molar refractivity (Wildman–Crippen MR) is 127 cm³/mol. The molecular formula is C25H21FN4OS. The van der Waals surface area contributed by atoms with E-state index >= 15 is 0 Å². The molecule has 0 unspecified atom stereocenters. The number of benzene rings is 3.